The van der Waals surface area contributed by atoms with Crippen LogP contribution in [-0.4, -0.2) is 38.6 Å². The van der Waals surface area contributed by atoms with Gasteiger partial charge in [-0.25, -0.2) is 4.39 Å². The van der Waals surface area contributed by atoms with Crippen molar-refractivity contribution in [3.63, 3.8) is 0 Å². The number of nitrogens with one attached hydrogen (secondary N) is 2. The van der Waals surface area contributed by atoms with Crippen molar-refractivity contribution in [3.05, 3.63) is 65.0 Å². The van der Waals surface area contributed by atoms with E-state index < -0.39 is 11.8 Å². The van der Waals surface area contributed by atoms with Crippen LogP contribution < -0.4 is 21.1 Å². The molecule has 0 aliphatic rings. The first-order chi connectivity index (χ1) is 14.4. The quantitative estimate of drug-likeness (QED) is 0.245. The molecule has 2 rings (SSSR count). The van der Waals surface area contributed by atoms with Crippen LogP contribution in [0.5, 0.6) is 5.75 Å². The summed E-state index contributed by atoms with van der Waals surface area (Å²) in [5.74, 6) is 0.301. The fraction of sp³-hybridized carbons (Fsp3) is 0.391. The predicted octanol–water partition coefficient (Wildman–Crippen LogP) is 3.20. The Kier molecular flexibility index (Phi) is 11.9. The SMILES string of the molecule is CCNC(=NCC(Cc1ccc(F)cc1)C(N)=O)NCCc1ccc(C)c(OC)c1.I. The molecule has 170 valence electrons. The van der Waals surface area contributed by atoms with E-state index in [4.69, 9.17) is 10.5 Å². The van der Waals surface area contributed by atoms with E-state index in [1.54, 1.807) is 19.2 Å². The highest BCUT2D eigenvalue weighted by Crippen LogP contribution is 2.19. The Hall–Kier alpha value is -2.36. The number of carbonyl (C=O) groups excluding carboxylic acids is 1. The van der Waals surface area contributed by atoms with Crippen molar-refractivity contribution < 1.29 is 13.9 Å². The van der Waals surface area contributed by atoms with Gasteiger partial charge in [0.25, 0.3) is 0 Å². The number of rotatable bonds is 10. The predicted molar refractivity (Wildman–Crippen MR) is 134 cm³/mol. The minimum Gasteiger partial charge on any atom is -0.496 e. The lowest BCUT2D eigenvalue weighted by Crippen LogP contribution is -2.39. The van der Waals surface area contributed by atoms with Gasteiger partial charge in [-0.1, -0.05) is 24.3 Å². The van der Waals surface area contributed by atoms with Crippen molar-refractivity contribution in [2.75, 3.05) is 26.7 Å². The van der Waals surface area contributed by atoms with Crippen LogP contribution in [0.3, 0.4) is 0 Å². The zero-order valence-electron chi connectivity index (χ0n) is 18.3. The zero-order chi connectivity index (χ0) is 21.9. The Labute approximate surface area is 200 Å². The highest BCUT2D eigenvalue weighted by Gasteiger charge is 2.16. The second kappa shape index (κ2) is 13.8. The van der Waals surface area contributed by atoms with Crippen molar-refractivity contribution >= 4 is 35.8 Å². The van der Waals surface area contributed by atoms with Gasteiger partial charge in [0.05, 0.1) is 19.6 Å². The minimum atomic E-state index is -0.465. The molecule has 0 fully saturated rings. The molecule has 0 bridgehead atoms. The molecule has 0 aromatic heterocycles. The first kappa shape index (κ1) is 26.7. The van der Waals surface area contributed by atoms with Crippen LogP contribution in [0.1, 0.15) is 23.6 Å². The smallest absolute Gasteiger partial charge is 0.222 e. The summed E-state index contributed by atoms with van der Waals surface area (Å²) in [5, 5.41) is 6.46. The number of guanidine groups is 1. The molecule has 2 aromatic carbocycles. The summed E-state index contributed by atoms with van der Waals surface area (Å²) in [6, 6.07) is 12.2. The van der Waals surface area contributed by atoms with Crippen molar-refractivity contribution in [3.8, 4) is 5.75 Å². The molecule has 1 unspecified atom stereocenters. The summed E-state index contributed by atoms with van der Waals surface area (Å²) in [7, 11) is 1.67. The van der Waals surface area contributed by atoms with Crippen molar-refractivity contribution in [1.29, 1.82) is 0 Å². The number of halogens is 2. The summed E-state index contributed by atoms with van der Waals surface area (Å²) in [6.07, 6.45) is 1.22. The van der Waals surface area contributed by atoms with E-state index in [0.29, 0.717) is 25.5 Å². The largest absolute Gasteiger partial charge is 0.496 e. The maximum Gasteiger partial charge on any atom is 0.222 e. The number of hydrogen-bond acceptors (Lipinski definition) is 3. The minimum absolute atomic E-state index is 0. The van der Waals surface area contributed by atoms with Crippen LogP contribution in [0.15, 0.2) is 47.5 Å². The second-order valence-electron chi connectivity index (χ2n) is 7.13. The third-order valence-electron chi connectivity index (χ3n) is 4.79. The monoisotopic (exact) mass is 542 g/mol. The molecule has 31 heavy (non-hydrogen) atoms. The number of nitrogens with zero attached hydrogens (tertiary/aromatic N) is 1. The number of benzene rings is 2. The Bertz CT molecular complexity index is 859. The third-order valence-corrected chi connectivity index (χ3v) is 4.79. The van der Waals surface area contributed by atoms with Crippen LogP contribution in [0.25, 0.3) is 0 Å². The van der Waals surface area contributed by atoms with Gasteiger partial charge in [0, 0.05) is 13.1 Å². The van der Waals surface area contributed by atoms with Gasteiger partial charge in [-0.15, -0.1) is 24.0 Å². The van der Waals surface area contributed by atoms with Crippen LogP contribution in [0.4, 0.5) is 4.39 Å². The van der Waals surface area contributed by atoms with E-state index in [1.807, 2.05) is 26.0 Å². The Morgan fingerprint density at radius 2 is 1.84 bits per heavy atom. The number of methoxy groups -OCH3 is 1. The van der Waals surface area contributed by atoms with E-state index in [9.17, 15) is 9.18 Å². The Morgan fingerprint density at radius 1 is 1.16 bits per heavy atom. The molecule has 0 saturated carbocycles. The van der Waals surface area contributed by atoms with Crippen LogP contribution in [-0.2, 0) is 17.6 Å². The van der Waals surface area contributed by atoms with Gasteiger partial charge in [-0.05, 0) is 61.6 Å². The third kappa shape index (κ3) is 9.12. The van der Waals surface area contributed by atoms with Gasteiger partial charge < -0.3 is 21.1 Å². The number of aliphatic imine (C=N–C) groups is 1. The second-order valence-corrected chi connectivity index (χ2v) is 7.13. The Morgan fingerprint density at radius 3 is 2.45 bits per heavy atom. The summed E-state index contributed by atoms with van der Waals surface area (Å²) in [4.78, 5) is 16.4. The summed E-state index contributed by atoms with van der Waals surface area (Å²) in [5.41, 5.74) is 8.66. The van der Waals surface area contributed by atoms with E-state index in [1.165, 1.54) is 12.1 Å². The number of ether oxygens (including phenoxy) is 1. The fourth-order valence-electron chi connectivity index (χ4n) is 3.05. The number of amides is 1. The zero-order valence-corrected chi connectivity index (χ0v) is 20.6. The number of hydrogen-bond donors (Lipinski definition) is 3. The molecule has 0 radical (unpaired) electrons. The lowest BCUT2D eigenvalue weighted by Gasteiger charge is -2.15. The van der Waals surface area contributed by atoms with Gasteiger partial charge in [0.1, 0.15) is 11.6 Å². The molecule has 0 heterocycles. The number of primary amides is 1. The lowest BCUT2D eigenvalue weighted by molar-refractivity contribution is -0.121. The van der Waals surface area contributed by atoms with Gasteiger partial charge in [0.15, 0.2) is 5.96 Å². The molecule has 4 N–H and O–H groups in total. The molecule has 6 nitrogen and oxygen atoms in total. The highest BCUT2D eigenvalue weighted by molar-refractivity contribution is 14.0. The number of carbonyl (C=O) groups is 1. The number of aryl methyl sites for hydroxylation is 1. The molecule has 0 saturated heterocycles. The molecular formula is C23H32FIN4O2. The topological polar surface area (TPSA) is 88.7 Å². The maximum absolute atomic E-state index is 13.1. The van der Waals surface area contributed by atoms with E-state index in [0.717, 1.165) is 28.9 Å². The molecule has 0 spiro atoms. The van der Waals surface area contributed by atoms with E-state index in [-0.39, 0.29) is 36.3 Å². The molecule has 0 aliphatic heterocycles. The van der Waals surface area contributed by atoms with Crippen molar-refractivity contribution in [2.24, 2.45) is 16.6 Å². The van der Waals surface area contributed by atoms with Gasteiger partial charge in [-0.2, -0.15) is 0 Å². The number of nitrogens with two attached hydrogens (primary N) is 1. The highest BCUT2D eigenvalue weighted by atomic mass is 127. The Balaban J connectivity index is 0.00000480. The summed E-state index contributed by atoms with van der Waals surface area (Å²) in [6.45, 7) is 5.62. The maximum atomic E-state index is 13.1. The average Bonchev–Trinajstić information content (AvgIpc) is 2.73. The lowest BCUT2D eigenvalue weighted by atomic mass is 9.99. The van der Waals surface area contributed by atoms with Crippen molar-refractivity contribution in [1.82, 2.24) is 10.6 Å². The fourth-order valence-corrected chi connectivity index (χ4v) is 3.05. The molecule has 8 heteroatoms. The standard InChI is InChI=1S/C23H31FN4O2.HI/c1-4-26-23(27-12-11-18-6-5-16(2)21(14-18)30-3)28-15-19(22(25)29)13-17-7-9-20(24)10-8-17;/h5-10,14,19H,4,11-13,15H2,1-3H3,(H2,25,29)(H2,26,27,28);1H. The van der Waals surface area contributed by atoms with Crippen LogP contribution in [0.2, 0.25) is 0 Å². The molecule has 1 atom stereocenters. The van der Waals surface area contributed by atoms with Crippen LogP contribution in [0, 0.1) is 18.7 Å². The normalized spacial score (nSPS) is 11.9. The van der Waals surface area contributed by atoms with Gasteiger partial charge >= 0.3 is 0 Å². The molecule has 1 amide bonds. The first-order valence-electron chi connectivity index (χ1n) is 10.1. The summed E-state index contributed by atoms with van der Waals surface area (Å²) >= 11 is 0. The van der Waals surface area contributed by atoms with E-state index in [2.05, 4.69) is 21.7 Å². The molecular weight excluding hydrogens is 510 g/mol. The molecule has 2 aromatic rings. The van der Waals surface area contributed by atoms with E-state index >= 15 is 0 Å². The van der Waals surface area contributed by atoms with Gasteiger partial charge in [-0.3, -0.25) is 9.79 Å². The first-order valence-corrected chi connectivity index (χ1v) is 10.1. The van der Waals surface area contributed by atoms with Gasteiger partial charge in [0.2, 0.25) is 5.91 Å². The summed E-state index contributed by atoms with van der Waals surface area (Å²) < 4.78 is 18.5. The van der Waals surface area contributed by atoms with Crippen LogP contribution >= 0.6 is 24.0 Å². The van der Waals surface area contributed by atoms with Crippen molar-refractivity contribution in [2.45, 2.75) is 26.7 Å². The molecule has 0 aliphatic carbocycles. The average molecular weight is 542 g/mol.